The van der Waals surface area contributed by atoms with Gasteiger partial charge in [-0.2, -0.15) is 0 Å². The van der Waals surface area contributed by atoms with E-state index in [0.717, 1.165) is 24.3 Å². The number of aromatic nitrogens is 2. The Morgan fingerprint density at radius 3 is 2.59 bits per heavy atom. The molecule has 0 atom stereocenters. The third kappa shape index (κ3) is 5.10. The lowest BCUT2D eigenvalue weighted by Gasteiger charge is -2.28. The molecule has 6 nitrogen and oxygen atoms in total. The zero-order valence-corrected chi connectivity index (χ0v) is 16.3. The lowest BCUT2D eigenvalue weighted by molar-refractivity contribution is 0.102. The molecule has 0 spiro atoms. The van der Waals surface area contributed by atoms with Gasteiger partial charge in [-0.25, -0.2) is 4.98 Å². The smallest absolute Gasteiger partial charge is 0.255 e. The number of piperidine rings is 1. The summed E-state index contributed by atoms with van der Waals surface area (Å²) in [6.45, 7) is 2.82. The normalized spacial score (nSPS) is 13.7. The van der Waals surface area contributed by atoms with E-state index in [1.54, 1.807) is 30.7 Å². The Balaban J connectivity index is 1.36. The monoisotopic (exact) mass is 387 g/mol. The summed E-state index contributed by atoms with van der Waals surface area (Å²) in [7, 11) is 0. The molecular weight excluding hydrogens is 362 g/mol. The third-order valence-electron chi connectivity index (χ3n) is 5.06. The summed E-state index contributed by atoms with van der Waals surface area (Å²) < 4.78 is 0. The van der Waals surface area contributed by atoms with Crippen LogP contribution in [0.2, 0.25) is 0 Å². The van der Waals surface area contributed by atoms with E-state index in [0.29, 0.717) is 17.9 Å². The zero-order chi connectivity index (χ0) is 19.9. The van der Waals surface area contributed by atoms with Crippen LogP contribution in [0.3, 0.4) is 0 Å². The first-order valence-corrected chi connectivity index (χ1v) is 10.0. The molecule has 29 heavy (non-hydrogen) atoms. The largest absolute Gasteiger partial charge is 0.372 e. The predicted octanol–water partition coefficient (Wildman–Crippen LogP) is 4.33. The molecule has 0 bridgehead atoms. The Labute approximate surface area is 171 Å². The number of anilines is 3. The fourth-order valence-corrected chi connectivity index (χ4v) is 3.47. The van der Waals surface area contributed by atoms with Crippen LogP contribution < -0.4 is 15.5 Å². The van der Waals surface area contributed by atoms with E-state index in [-0.39, 0.29) is 5.91 Å². The lowest BCUT2D eigenvalue weighted by Crippen LogP contribution is -2.29. The number of carbonyl (C=O) groups excluding carboxylic acids is 1. The average molecular weight is 387 g/mol. The Bertz CT molecular complexity index is 937. The predicted molar refractivity (Wildman–Crippen MR) is 116 cm³/mol. The number of pyridine rings is 2. The van der Waals surface area contributed by atoms with Crippen molar-refractivity contribution >= 4 is 23.1 Å². The van der Waals surface area contributed by atoms with Crippen LogP contribution in [-0.4, -0.2) is 29.0 Å². The number of nitrogens with zero attached hydrogens (tertiary/aromatic N) is 3. The molecule has 4 rings (SSSR count). The molecule has 1 aliphatic rings. The van der Waals surface area contributed by atoms with E-state index in [2.05, 4.69) is 37.6 Å². The van der Waals surface area contributed by atoms with Gasteiger partial charge in [-0.15, -0.1) is 0 Å². The fraction of sp³-hybridized carbons (Fsp3) is 0.261. The first-order chi connectivity index (χ1) is 14.3. The standard InChI is InChI=1S/C23H25N5O/c29-23(27-20-6-8-21(9-7-20)28-13-2-1-3-14-28)19-10-12-25-22(15-19)26-17-18-5-4-11-24-16-18/h4-12,15-16H,1-3,13-14,17H2,(H,25,26)(H,27,29). The molecule has 1 saturated heterocycles. The van der Waals surface area contributed by atoms with Gasteiger partial charge in [0.1, 0.15) is 5.82 Å². The van der Waals surface area contributed by atoms with Gasteiger partial charge in [0.25, 0.3) is 5.91 Å². The van der Waals surface area contributed by atoms with Crippen LogP contribution in [0, 0.1) is 0 Å². The Morgan fingerprint density at radius 2 is 1.83 bits per heavy atom. The molecule has 0 unspecified atom stereocenters. The first-order valence-electron chi connectivity index (χ1n) is 10.0. The number of rotatable bonds is 6. The maximum Gasteiger partial charge on any atom is 0.255 e. The molecular formula is C23H25N5O. The van der Waals surface area contributed by atoms with Crippen LogP contribution in [0.1, 0.15) is 35.2 Å². The van der Waals surface area contributed by atoms with Gasteiger partial charge >= 0.3 is 0 Å². The Kier molecular flexibility index (Phi) is 6.00. The zero-order valence-electron chi connectivity index (χ0n) is 16.3. The molecule has 148 valence electrons. The summed E-state index contributed by atoms with van der Waals surface area (Å²) in [6.07, 6.45) is 8.99. The second kappa shape index (κ2) is 9.19. The minimum atomic E-state index is -0.150. The highest BCUT2D eigenvalue weighted by atomic mass is 16.1. The molecule has 2 aromatic heterocycles. The van der Waals surface area contributed by atoms with Crippen molar-refractivity contribution in [1.29, 1.82) is 0 Å². The van der Waals surface area contributed by atoms with Crippen LogP contribution in [0.25, 0.3) is 0 Å². The molecule has 2 N–H and O–H groups in total. The van der Waals surface area contributed by atoms with Crippen molar-refractivity contribution in [3.8, 4) is 0 Å². The highest BCUT2D eigenvalue weighted by molar-refractivity contribution is 6.04. The third-order valence-corrected chi connectivity index (χ3v) is 5.06. The molecule has 1 aliphatic heterocycles. The quantitative estimate of drug-likeness (QED) is 0.659. The number of amides is 1. The average Bonchev–Trinajstić information content (AvgIpc) is 2.80. The number of carbonyl (C=O) groups is 1. The molecule has 3 aromatic rings. The molecule has 0 saturated carbocycles. The molecule has 1 fully saturated rings. The molecule has 1 amide bonds. The summed E-state index contributed by atoms with van der Waals surface area (Å²) in [4.78, 5) is 23.4. The van der Waals surface area contributed by atoms with Crippen molar-refractivity contribution in [3.05, 3.63) is 78.2 Å². The van der Waals surface area contributed by atoms with Gasteiger partial charge in [-0.1, -0.05) is 6.07 Å². The summed E-state index contributed by atoms with van der Waals surface area (Å²) in [6, 6.07) is 15.4. The van der Waals surface area contributed by atoms with Crippen LogP contribution in [0.4, 0.5) is 17.2 Å². The van der Waals surface area contributed by atoms with Gasteiger partial charge in [0.15, 0.2) is 0 Å². The van der Waals surface area contributed by atoms with E-state index < -0.39 is 0 Å². The van der Waals surface area contributed by atoms with Gasteiger partial charge in [-0.05, 0) is 67.3 Å². The van der Waals surface area contributed by atoms with Crippen LogP contribution in [0.15, 0.2) is 67.1 Å². The minimum absolute atomic E-state index is 0.150. The molecule has 0 aliphatic carbocycles. The van der Waals surface area contributed by atoms with Crippen molar-refractivity contribution in [2.24, 2.45) is 0 Å². The lowest BCUT2D eigenvalue weighted by atomic mass is 10.1. The van der Waals surface area contributed by atoms with Crippen LogP contribution >= 0.6 is 0 Å². The second-order valence-corrected chi connectivity index (χ2v) is 7.19. The van der Waals surface area contributed by atoms with Crippen molar-refractivity contribution in [3.63, 3.8) is 0 Å². The fourth-order valence-electron chi connectivity index (χ4n) is 3.47. The molecule has 1 aromatic carbocycles. The highest BCUT2D eigenvalue weighted by Gasteiger charge is 2.12. The summed E-state index contributed by atoms with van der Waals surface area (Å²) in [5, 5.41) is 6.19. The summed E-state index contributed by atoms with van der Waals surface area (Å²) in [5.74, 6) is 0.504. The minimum Gasteiger partial charge on any atom is -0.372 e. The topological polar surface area (TPSA) is 70.2 Å². The Morgan fingerprint density at radius 1 is 1.00 bits per heavy atom. The number of nitrogens with one attached hydrogen (secondary N) is 2. The van der Waals surface area contributed by atoms with Gasteiger partial charge in [0, 0.05) is 55.2 Å². The van der Waals surface area contributed by atoms with Crippen molar-refractivity contribution in [2.75, 3.05) is 28.6 Å². The van der Waals surface area contributed by atoms with Crippen LogP contribution in [-0.2, 0) is 6.54 Å². The van der Waals surface area contributed by atoms with Crippen molar-refractivity contribution in [1.82, 2.24) is 9.97 Å². The van der Waals surface area contributed by atoms with Gasteiger partial charge in [-0.3, -0.25) is 9.78 Å². The second-order valence-electron chi connectivity index (χ2n) is 7.19. The van der Waals surface area contributed by atoms with E-state index in [9.17, 15) is 4.79 Å². The highest BCUT2D eigenvalue weighted by Crippen LogP contribution is 2.22. The SMILES string of the molecule is O=C(Nc1ccc(N2CCCCC2)cc1)c1ccnc(NCc2cccnc2)c1. The summed E-state index contributed by atoms with van der Waals surface area (Å²) >= 11 is 0. The van der Waals surface area contributed by atoms with Crippen LogP contribution in [0.5, 0.6) is 0 Å². The van der Waals surface area contributed by atoms with Gasteiger partial charge in [0.05, 0.1) is 0 Å². The molecule has 0 radical (unpaired) electrons. The van der Waals surface area contributed by atoms with E-state index >= 15 is 0 Å². The molecule has 3 heterocycles. The van der Waals surface area contributed by atoms with Crippen molar-refractivity contribution < 1.29 is 4.79 Å². The number of benzene rings is 1. The van der Waals surface area contributed by atoms with E-state index in [1.807, 2.05) is 24.3 Å². The van der Waals surface area contributed by atoms with E-state index in [1.165, 1.54) is 24.9 Å². The summed E-state index contributed by atoms with van der Waals surface area (Å²) in [5.41, 5.74) is 3.62. The van der Waals surface area contributed by atoms with E-state index in [4.69, 9.17) is 0 Å². The number of hydrogen-bond acceptors (Lipinski definition) is 5. The maximum atomic E-state index is 12.6. The van der Waals surface area contributed by atoms with Gasteiger partial charge in [0.2, 0.25) is 0 Å². The van der Waals surface area contributed by atoms with Crippen molar-refractivity contribution in [2.45, 2.75) is 25.8 Å². The maximum absolute atomic E-state index is 12.6. The molecule has 6 heteroatoms. The Hall–Kier alpha value is -3.41. The first kappa shape index (κ1) is 18.9. The van der Waals surface area contributed by atoms with Gasteiger partial charge < -0.3 is 15.5 Å². The number of hydrogen-bond donors (Lipinski definition) is 2.